The Morgan fingerprint density at radius 3 is 2.69 bits per heavy atom. The molecule has 0 radical (unpaired) electrons. The maximum absolute atomic E-state index is 12.0. The molecule has 0 aliphatic carbocycles. The van der Waals surface area contributed by atoms with Crippen molar-refractivity contribution in [3.63, 3.8) is 0 Å². The molecule has 6 nitrogen and oxygen atoms in total. The number of hydrogen-bond donors (Lipinski definition) is 2. The van der Waals surface area contributed by atoms with Crippen molar-refractivity contribution in [2.75, 3.05) is 16.4 Å². The fourth-order valence-corrected chi connectivity index (χ4v) is 3.88. The highest BCUT2D eigenvalue weighted by Gasteiger charge is 2.09. The summed E-state index contributed by atoms with van der Waals surface area (Å²) in [6, 6.07) is 18.8. The van der Waals surface area contributed by atoms with Gasteiger partial charge in [0.05, 0.1) is 11.3 Å². The highest BCUT2D eigenvalue weighted by Crippen LogP contribution is 2.28. The molecule has 0 bridgehead atoms. The van der Waals surface area contributed by atoms with Crippen molar-refractivity contribution in [2.45, 2.75) is 10.8 Å². The van der Waals surface area contributed by atoms with Crippen LogP contribution in [0, 0.1) is 11.3 Å². The van der Waals surface area contributed by atoms with E-state index in [1.54, 1.807) is 24.3 Å². The van der Waals surface area contributed by atoms with Gasteiger partial charge in [-0.1, -0.05) is 53.4 Å². The Morgan fingerprint density at radius 1 is 1.12 bits per heavy atom. The molecule has 1 heterocycles. The van der Waals surface area contributed by atoms with Gasteiger partial charge in [-0.25, -0.2) is 0 Å². The molecule has 0 aliphatic rings. The van der Waals surface area contributed by atoms with Crippen LogP contribution in [-0.2, 0) is 4.79 Å². The van der Waals surface area contributed by atoms with E-state index in [0.717, 1.165) is 10.0 Å². The minimum absolute atomic E-state index is 0.132. The molecule has 3 rings (SSSR count). The Morgan fingerprint density at radius 2 is 1.88 bits per heavy atom. The lowest BCUT2D eigenvalue weighted by atomic mass is 10.2. The summed E-state index contributed by atoms with van der Waals surface area (Å²) in [5, 5.41) is 23.9. The lowest BCUT2D eigenvalue weighted by Gasteiger charge is -2.05. The predicted octanol–water partition coefficient (Wildman–Crippen LogP) is 4.27. The van der Waals surface area contributed by atoms with Crippen LogP contribution in [0.25, 0.3) is 0 Å². The minimum Gasteiger partial charge on any atom is -0.330 e. The molecular formula is C18H15N5OS2. The number of nitriles is 1. The van der Waals surface area contributed by atoms with Gasteiger partial charge in [0, 0.05) is 17.9 Å². The van der Waals surface area contributed by atoms with Gasteiger partial charge < -0.3 is 10.6 Å². The van der Waals surface area contributed by atoms with Crippen molar-refractivity contribution in [3.8, 4) is 6.07 Å². The van der Waals surface area contributed by atoms with Crippen LogP contribution in [0.3, 0.4) is 0 Å². The second-order valence-corrected chi connectivity index (χ2v) is 7.49. The first-order valence-corrected chi connectivity index (χ1v) is 9.62. The van der Waals surface area contributed by atoms with Crippen molar-refractivity contribution in [1.82, 2.24) is 10.2 Å². The third-order valence-electron chi connectivity index (χ3n) is 3.31. The first kappa shape index (κ1) is 17.9. The van der Waals surface area contributed by atoms with E-state index in [-0.39, 0.29) is 5.91 Å². The third-order valence-corrected chi connectivity index (χ3v) is 5.28. The van der Waals surface area contributed by atoms with Gasteiger partial charge in [-0.05, 0) is 24.3 Å². The maximum Gasteiger partial charge on any atom is 0.225 e. The van der Waals surface area contributed by atoms with E-state index < -0.39 is 0 Å². The van der Waals surface area contributed by atoms with Crippen molar-refractivity contribution in [2.24, 2.45) is 0 Å². The zero-order valence-corrected chi connectivity index (χ0v) is 15.3. The van der Waals surface area contributed by atoms with Crippen LogP contribution in [0.5, 0.6) is 0 Å². The van der Waals surface area contributed by atoms with Crippen LogP contribution in [0.2, 0.25) is 0 Å². The molecule has 3 aromatic rings. The number of carbonyl (C=O) groups is 1. The molecule has 8 heteroatoms. The molecule has 0 unspecified atom stereocenters. The van der Waals surface area contributed by atoms with Gasteiger partial charge in [0.25, 0.3) is 0 Å². The first-order valence-electron chi connectivity index (χ1n) is 7.82. The Labute approximate surface area is 159 Å². The largest absolute Gasteiger partial charge is 0.330 e. The summed E-state index contributed by atoms with van der Waals surface area (Å²) >= 11 is 2.92. The molecule has 0 saturated heterocycles. The van der Waals surface area contributed by atoms with Gasteiger partial charge in [-0.15, -0.1) is 10.2 Å². The Kier molecular flexibility index (Phi) is 6.19. The quantitative estimate of drug-likeness (QED) is 0.594. The van der Waals surface area contributed by atoms with Crippen LogP contribution >= 0.6 is 23.1 Å². The van der Waals surface area contributed by atoms with E-state index >= 15 is 0 Å². The number of aromatic nitrogens is 2. The molecule has 0 fully saturated rings. The number of nitrogens with zero attached hydrogens (tertiary/aromatic N) is 3. The molecule has 0 spiro atoms. The Balaban J connectivity index is 1.46. The number of para-hydroxylation sites is 2. The maximum atomic E-state index is 12.0. The Hall–Kier alpha value is -2.89. The Bertz CT molecular complexity index is 921. The molecule has 1 aromatic heterocycles. The van der Waals surface area contributed by atoms with Crippen molar-refractivity contribution in [3.05, 3.63) is 60.2 Å². The number of benzene rings is 2. The molecule has 26 heavy (non-hydrogen) atoms. The smallest absolute Gasteiger partial charge is 0.225 e. The van der Waals surface area contributed by atoms with Gasteiger partial charge in [0.1, 0.15) is 6.07 Å². The van der Waals surface area contributed by atoms with Crippen LogP contribution in [0.1, 0.15) is 12.0 Å². The summed E-state index contributed by atoms with van der Waals surface area (Å²) < 4.78 is 0.800. The molecule has 2 aromatic carbocycles. The molecule has 1 amide bonds. The monoisotopic (exact) mass is 381 g/mol. The molecular weight excluding hydrogens is 366 g/mol. The summed E-state index contributed by atoms with van der Waals surface area (Å²) in [7, 11) is 0. The van der Waals surface area contributed by atoms with Gasteiger partial charge in [-0.2, -0.15) is 5.26 Å². The number of anilines is 3. The molecule has 130 valence electrons. The summed E-state index contributed by atoms with van der Waals surface area (Å²) in [4.78, 5) is 12.0. The van der Waals surface area contributed by atoms with Crippen LogP contribution in [0.4, 0.5) is 16.5 Å². The summed E-state index contributed by atoms with van der Waals surface area (Å²) in [5.41, 5.74) is 1.94. The second-order valence-electron chi connectivity index (χ2n) is 5.17. The van der Waals surface area contributed by atoms with Gasteiger partial charge >= 0.3 is 0 Å². The lowest BCUT2D eigenvalue weighted by Crippen LogP contribution is -2.13. The average Bonchev–Trinajstić information content (AvgIpc) is 3.10. The number of rotatable bonds is 7. The second kappa shape index (κ2) is 8.99. The SMILES string of the molecule is N#Cc1ccccc1NC(=O)CCSc1nnc(Nc2ccccc2)s1. The fourth-order valence-electron chi connectivity index (χ4n) is 2.10. The molecule has 0 saturated carbocycles. The van der Waals surface area contributed by atoms with E-state index in [2.05, 4.69) is 26.9 Å². The van der Waals surface area contributed by atoms with Gasteiger partial charge in [0.2, 0.25) is 11.0 Å². The zero-order chi connectivity index (χ0) is 18.2. The normalized spacial score (nSPS) is 10.1. The predicted molar refractivity (Wildman–Crippen MR) is 105 cm³/mol. The highest BCUT2D eigenvalue weighted by molar-refractivity contribution is 8.01. The molecule has 2 N–H and O–H groups in total. The lowest BCUT2D eigenvalue weighted by molar-refractivity contribution is -0.115. The van der Waals surface area contributed by atoms with Crippen molar-refractivity contribution >= 4 is 45.5 Å². The fraction of sp³-hybridized carbons (Fsp3) is 0.111. The topological polar surface area (TPSA) is 90.7 Å². The van der Waals surface area contributed by atoms with Crippen LogP contribution in [0.15, 0.2) is 58.9 Å². The summed E-state index contributed by atoms with van der Waals surface area (Å²) in [5.74, 6) is 0.452. The summed E-state index contributed by atoms with van der Waals surface area (Å²) in [6.45, 7) is 0. The van der Waals surface area contributed by atoms with E-state index in [4.69, 9.17) is 5.26 Å². The first-order chi connectivity index (χ1) is 12.7. The number of carbonyl (C=O) groups excluding carboxylic acids is 1. The standard InChI is InChI=1S/C18H15N5OS2/c19-12-13-6-4-5-9-15(13)21-16(24)10-11-25-18-23-22-17(26-18)20-14-7-2-1-3-8-14/h1-9H,10-11H2,(H,20,22)(H,21,24). The number of amides is 1. The number of nitrogens with one attached hydrogen (secondary N) is 2. The number of thioether (sulfide) groups is 1. The van der Waals surface area contributed by atoms with E-state index in [1.165, 1.54) is 23.1 Å². The van der Waals surface area contributed by atoms with E-state index in [0.29, 0.717) is 28.6 Å². The highest BCUT2D eigenvalue weighted by atomic mass is 32.2. The van der Waals surface area contributed by atoms with E-state index in [9.17, 15) is 4.79 Å². The van der Waals surface area contributed by atoms with Gasteiger partial charge in [-0.3, -0.25) is 4.79 Å². The zero-order valence-electron chi connectivity index (χ0n) is 13.7. The van der Waals surface area contributed by atoms with Gasteiger partial charge in [0.15, 0.2) is 4.34 Å². The third kappa shape index (κ3) is 5.05. The van der Waals surface area contributed by atoms with Crippen LogP contribution in [-0.4, -0.2) is 21.9 Å². The number of hydrogen-bond acceptors (Lipinski definition) is 7. The average molecular weight is 381 g/mol. The van der Waals surface area contributed by atoms with Crippen LogP contribution < -0.4 is 10.6 Å². The molecule has 0 atom stereocenters. The molecule has 0 aliphatic heterocycles. The minimum atomic E-state index is -0.132. The van der Waals surface area contributed by atoms with Crippen molar-refractivity contribution < 1.29 is 4.79 Å². The van der Waals surface area contributed by atoms with E-state index in [1.807, 2.05) is 30.3 Å². The summed E-state index contributed by atoms with van der Waals surface area (Å²) in [6.07, 6.45) is 0.325. The van der Waals surface area contributed by atoms with Crippen molar-refractivity contribution in [1.29, 1.82) is 5.26 Å².